The third-order valence-electron chi connectivity index (χ3n) is 4.47. The highest BCUT2D eigenvalue weighted by atomic mass is 19.4. The van der Waals surface area contributed by atoms with Crippen LogP contribution in [-0.4, -0.2) is 17.3 Å². The van der Waals surface area contributed by atoms with Crippen LogP contribution < -0.4 is 5.73 Å². The van der Waals surface area contributed by atoms with Crippen molar-refractivity contribution in [2.45, 2.75) is 38.8 Å². The molecule has 3 nitrogen and oxygen atoms in total. The molecule has 21 heavy (non-hydrogen) atoms. The minimum Gasteiger partial charge on any atom is -0.329 e. The van der Waals surface area contributed by atoms with E-state index in [0.29, 0.717) is 18.8 Å². The number of carbonyl (C=O) groups is 1. The molecule has 0 atom stereocenters. The molecule has 0 amide bonds. The molecule has 116 valence electrons. The van der Waals surface area contributed by atoms with Gasteiger partial charge in [-0.15, -0.1) is 0 Å². The minimum atomic E-state index is -4.56. The van der Waals surface area contributed by atoms with Crippen molar-refractivity contribution in [3.05, 3.63) is 29.6 Å². The number of hydrogen-bond acceptors (Lipinski definition) is 3. The second-order valence-corrected chi connectivity index (χ2v) is 5.92. The highest BCUT2D eigenvalue weighted by Crippen LogP contribution is 2.42. The number of halogens is 3. The molecule has 0 spiro atoms. The first kappa shape index (κ1) is 15.9. The van der Waals surface area contributed by atoms with Crippen LogP contribution in [0.5, 0.6) is 0 Å². The number of nitrogens with zero attached hydrogens (tertiary/aromatic N) is 1. The van der Waals surface area contributed by atoms with Gasteiger partial charge in [-0.05, 0) is 37.7 Å². The van der Waals surface area contributed by atoms with E-state index in [0.717, 1.165) is 31.3 Å². The summed E-state index contributed by atoms with van der Waals surface area (Å²) in [6.45, 7) is 2.15. The standard InChI is InChI=1S/C15H19F3N2O/c1-10-2-5-14(9-19,6-3-10)13(21)11-8-20-7-4-12(11)15(16,17)18/h4,7-8,10H,2-3,5-6,9,19H2,1H3. The van der Waals surface area contributed by atoms with Gasteiger partial charge in [-0.25, -0.2) is 0 Å². The molecule has 1 aromatic heterocycles. The van der Waals surface area contributed by atoms with E-state index in [1.54, 1.807) is 0 Å². The summed E-state index contributed by atoms with van der Waals surface area (Å²) in [6.07, 6.45) is 0.199. The number of pyridine rings is 1. The van der Waals surface area contributed by atoms with E-state index in [-0.39, 0.29) is 12.1 Å². The summed E-state index contributed by atoms with van der Waals surface area (Å²) >= 11 is 0. The van der Waals surface area contributed by atoms with Crippen molar-refractivity contribution in [2.24, 2.45) is 17.1 Å². The average Bonchev–Trinajstić information content (AvgIpc) is 2.47. The zero-order valence-corrected chi connectivity index (χ0v) is 11.9. The first-order valence-electron chi connectivity index (χ1n) is 7.06. The van der Waals surface area contributed by atoms with Crippen LogP contribution in [0.1, 0.15) is 48.5 Å². The fourth-order valence-corrected chi connectivity index (χ4v) is 2.95. The quantitative estimate of drug-likeness (QED) is 0.870. The smallest absolute Gasteiger partial charge is 0.329 e. The number of carbonyl (C=O) groups excluding carboxylic acids is 1. The number of alkyl halides is 3. The molecular weight excluding hydrogens is 281 g/mol. The zero-order chi connectivity index (χ0) is 15.7. The molecule has 0 aliphatic heterocycles. The first-order valence-corrected chi connectivity index (χ1v) is 7.06. The molecule has 0 radical (unpaired) electrons. The maximum atomic E-state index is 13.1. The van der Waals surface area contributed by atoms with Gasteiger partial charge in [0, 0.05) is 29.9 Å². The van der Waals surface area contributed by atoms with E-state index in [2.05, 4.69) is 11.9 Å². The van der Waals surface area contributed by atoms with E-state index >= 15 is 0 Å². The molecule has 1 aliphatic rings. The first-order chi connectivity index (χ1) is 9.80. The number of ketones is 1. The van der Waals surface area contributed by atoms with Crippen LogP contribution in [0.15, 0.2) is 18.5 Å². The fourth-order valence-electron chi connectivity index (χ4n) is 2.95. The van der Waals surface area contributed by atoms with E-state index in [1.807, 2.05) is 0 Å². The number of nitrogens with two attached hydrogens (primary N) is 1. The molecule has 6 heteroatoms. The lowest BCUT2D eigenvalue weighted by Crippen LogP contribution is -2.42. The lowest BCUT2D eigenvalue weighted by atomic mass is 9.67. The highest BCUT2D eigenvalue weighted by Gasteiger charge is 2.44. The predicted molar refractivity (Wildman–Crippen MR) is 72.7 cm³/mol. The molecule has 0 saturated heterocycles. The van der Waals surface area contributed by atoms with Gasteiger partial charge >= 0.3 is 6.18 Å². The van der Waals surface area contributed by atoms with Crippen LogP contribution >= 0.6 is 0 Å². The summed E-state index contributed by atoms with van der Waals surface area (Å²) in [4.78, 5) is 16.4. The minimum absolute atomic E-state index is 0.0742. The summed E-state index contributed by atoms with van der Waals surface area (Å²) in [5.41, 5.74) is 3.60. The molecule has 0 unspecified atom stereocenters. The van der Waals surface area contributed by atoms with Crippen molar-refractivity contribution in [2.75, 3.05) is 6.54 Å². The van der Waals surface area contributed by atoms with Gasteiger partial charge in [0.2, 0.25) is 0 Å². The number of Topliss-reactive ketones (excluding diaryl/α,β-unsaturated/α-hetero) is 1. The summed E-state index contributed by atoms with van der Waals surface area (Å²) in [7, 11) is 0. The monoisotopic (exact) mass is 300 g/mol. The van der Waals surface area contributed by atoms with Crippen LogP contribution in [-0.2, 0) is 6.18 Å². The largest absolute Gasteiger partial charge is 0.417 e. The maximum absolute atomic E-state index is 13.1. The van der Waals surface area contributed by atoms with Crippen LogP contribution in [0.4, 0.5) is 13.2 Å². The van der Waals surface area contributed by atoms with Gasteiger partial charge < -0.3 is 5.73 Å². The molecule has 1 heterocycles. The van der Waals surface area contributed by atoms with Gasteiger partial charge in [0.15, 0.2) is 5.78 Å². The predicted octanol–water partition coefficient (Wildman–Crippen LogP) is 3.44. The van der Waals surface area contributed by atoms with E-state index in [1.165, 1.54) is 0 Å². The van der Waals surface area contributed by atoms with Gasteiger partial charge in [0.1, 0.15) is 0 Å². The van der Waals surface area contributed by atoms with Crippen LogP contribution in [0.2, 0.25) is 0 Å². The van der Waals surface area contributed by atoms with Crippen LogP contribution in [0.3, 0.4) is 0 Å². The molecule has 2 rings (SSSR count). The summed E-state index contributed by atoms with van der Waals surface area (Å²) < 4.78 is 39.2. The molecule has 0 bridgehead atoms. The Morgan fingerprint density at radius 3 is 2.57 bits per heavy atom. The van der Waals surface area contributed by atoms with Gasteiger partial charge in [0.25, 0.3) is 0 Å². The maximum Gasteiger partial charge on any atom is 0.417 e. The second-order valence-electron chi connectivity index (χ2n) is 5.92. The fraction of sp³-hybridized carbons (Fsp3) is 0.600. The highest BCUT2D eigenvalue weighted by molar-refractivity contribution is 6.01. The molecule has 1 fully saturated rings. The molecule has 1 aliphatic carbocycles. The number of hydrogen-bond donors (Lipinski definition) is 1. The SMILES string of the molecule is CC1CCC(CN)(C(=O)c2cnccc2C(F)(F)F)CC1. The molecule has 2 N–H and O–H groups in total. The summed E-state index contributed by atoms with van der Waals surface area (Å²) in [5.74, 6) is -0.0363. The van der Waals surface area contributed by atoms with Crippen LogP contribution in [0.25, 0.3) is 0 Å². The van der Waals surface area contributed by atoms with Gasteiger partial charge in [0.05, 0.1) is 5.56 Å². The Kier molecular flexibility index (Phi) is 4.37. The Labute approximate surface area is 121 Å². The Morgan fingerprint density at radius 2 is 2.05 bits per heavy atom. The van der Waals surface area contributed by atoms with Gasteiger partial charge in [-0.1, -0.05) is 6.92 Å². The topological polar surface area (TPSA) is 56.0 Å². The van der Waals surface area contributed by atoms with Crippen LogP contribution in [0, 0.1) is 11.3 Å². The van der Waals surface area contributed by atoms with Crippen molar-refractivity contribution in [1.29, 1.82) is 0 Å². The Balaban J connectivity index is 2.40. The summed E-state index contributed by atoms with van der Waals surface area (Å²) in [5, 5.41) is 0. The second kappa shape index (κ2) is 5.75. The van der Waals surface area contributed by atoms with Crippen molar-refractivity contribution in [1.82, 2.24) is 4.98 Å². The Hall–Kier alpha value is -1.43. The Morgan fingerprint density at radius 1 is 1.43 bits per heavy atom. The zero-order valence-electron chi connectivity index (χ0n) is 11.9. The van der Waals surface area contributed by atoms with Crippen molar-refractivity contribution in [3.8, 4) is 0 Å². The lowest BCUT2D eigenvalue weighted by Gasteiger charge is -2.37. The number of aromatic nitrogens is 1. The van der Waals surface area contributed by atoms with Crippen molar-refractivity contribution < 1.29 is 18.0 Å². The molecule has 0 aromatic carbocycles. The van der Waals surface area contributed by atoms with Crippen molar-refractivity contribution in [3.63, 3.8) is 0 Å². The Bertz CT molecular complexity index is 520. The van der Waals surface area contributed by atoms with E-state index in [4.69, 9.17) is 5.73 Å². The molecule has 1 saturated carbocycles. The lowest BCUT2D eigenvalue weighted by molar-refractivity contribution is -0.138. The normalized spacial score (nSPS) is 26.6. The third kappa shape index (κ3) is 3.10. The van der Waals surface area contributed by atoms with Gasteiger partial charge in [-0.2, -0.15) is 13.2 Å². The molecule has 1 aromatic rings. The third-order valence-corrected chi connectivity index (χ3v) is 4.47. The van der Waals surface area contributed by atoms with E-state index in [9.17, 15) is 18.0 Å². The van der Waals surface area contributed by atoms with Gasteiger partial charge in [-0.3, -0.25) is 9.78 Å². The average molecular weight is 300 g/mol. The van der Waals surface area contributed by atoms with Crippen molar-refractivity contribution >= 4 is 5.78 Å². The number of rotatable bonds is 3. The summed E-state index contributed by atoms with van der Waals surface area (Å²) in [6, 6.07) is 0.850. The van der Waals surface area contributed by atoms with E-state index < -0.39 is 22.9 Å². The molecular formula is C15H19F3N2O.